The van der Waals surface area contributed by atoms with Gasteiger partial charge in [0.1, 0.15) is 15.3 Å². The van der Waals surface area contributed by atoms with Crippen molar-refractivity contribution in [3.05, 3.63) is 35.9 Å². The maximum atomic E-state index is 11.9. The maximum Gasteiger partial charge on any atom is 0.154 e. The van der Waals surface area contributed by atoms with E-state index in [0.717, 1.165) is 0 Å². The molecule has 1 atom stereocenters. The minimum Gasteiger partial charge on any atom is -0.298 e. The number of hydrogen-bond donors (Lipinski definition) is 0. The predicted octanol–water partition coefficient (Wildman–Crippen LogP) is 1.86. The Morgan fingerprint density at radius 1 is 1.32 bits per heavy atom. The number of carbonyl (C=O) groups is 1. The van der Waals surface area contributed by atoms with Crippen molar-refractivity contribution in [3.63, 3.8) is 0 Å². The molecular formula is C14H17NO3S. The van der Waals surface area contributed by atoms with Gasteiger partial charge in [-0.25, -0.2) is 8.42 Å². The molecule has 0 saturated heterocycles. The van der Waals surface area contributed by atoms with Crippen LogP contribution in [0.15, 0.2) is 30.3 Å². The second kappa shape index (κ2) is 5.98. The van der Waals surface area contributed by atoms with E-state index >= 15 is 0 Å². The molecule has 0 bridgehead atoms. The molecule has 4 nitrogen and oxygen atoms in total. The molecule has 0 aliphatic rings. The number of benzene rings is 1. The van der Waals surface area contributed by atoms with E-state index in [1.807, 2.05) is 6.07 Å². The molecule has 0 heterocycles. The van der Waals surface area contributed by atoms with E-state index in [1.54, 1.807) is 37.3 Å². The lowest BCUT2D eigenvalue weighted by molar-refractivity contribution is -0.120. The number of Topliss-reactive ketones (excluding diaryl/α,β-unsaturated/α-hetero) is 1. The van der Waals surface area contributed by atoms with Gasteiger partial charge in [0, 0.05) is 5.75 Å². The first kappa shape index (κ1) is 15.4. The van der Waals surface area contributed by atoms with Gasteiger partial charge >= 0.3 is 0 Å². The molecule has 0 aliphatic carbocycles. The largest absolute Gasteiger partial charge is 0.298 e. The van der Waals surface area contributed by atoms with Crippen molar-refractivity contribution >= 4 is 15.6 Å². The number of hydrogen-bond acceptors (Lipinski definition) is 4. The number of nitrogens with zero attached hydrogens (tertiary/aromatic N) is 1. The molecule has 0 radical (unpaired) electrons. The van der Waals surface area contributed by atoms with Crippen molar-refractivity contribution in [2.24, 2.45) is 0 Å². The third kappa shape index (κ3) is 3.42. The Morgan fingerprint density at radius 2 is 1.89 bits per heavy atom. The van der Waals surface area contributed by atoms with Crippen LogP contribution in [0.5, 0.6) is 0 Å². The van der Waals surface area contributed by atoms with Gasteiger partial charge in [-0.05, 0) is 18.9 Å². The van der Waals surface area contributed by atoms with Gasteiger partial charge in [0.05, 0.1) is 11.8 Å². The summed E-state index contributed by atoms with van der Waals surface area (Å²) < 4.78 is 23.2. The molecule has 1 unspecified atom stereocenters. The zero-order valence-corrected chi connectivity index (χ0v) is 11.9. The highest BCUT2D eigenvalue weighted by Crippen LogP contribution is 2.29. The van der Waals surface area contributed by atoms with E-state index in [0.29, 0.717) is 5.56 Å². The van der Waals surface area contributed by atoms with Crippen molar-refractivity contribution in [2.75, 3.05) is 11.5 Å². The van der Waals surface area contributed by atoms with E-state index in [4.69, 9.17) is 0 Å². The van der Waals surface area contributed by atoms with Gasteiger partial charge in [-0.2, -0.15) is 5.26 Å². The van der Waals surface area contributed by atoms with Crippen molar-refractivity contribution in [1.82, 2.24) is 0 Å². The molecule has 102 valence electrons. The second-order valence-corrected chi connectivity index (χ2v) is 6.90. The molecule has 0 amide bonds. The highest BCUT2D eigenvalue weighted by Gasteiger charge is 2.38. The van der Waals surface area contributed by atoms with Crippen LogP contribution in [0.3, 0.4) is 0 Å². The first-order chi connectivity index (χ1) is 8.88. The SMILES string of the molecule is CCS(=O)(=O)CCC(C#N)(C(C)=O)c1ccccc1. The summed E-state index contributed by atoms with van der Waals surface area (Å²) in [5.41, 5.74) is -0.819. The Morgan fingerprint density at radius 3 is 2.32 bits per heavy atom. The van der Waals surface area contributed by atoms with Crippen LogP contribution in [-0.2, 0) is 20.0 Å². The van der Waals surface area contributed by atoms with Crippen molar-refractivity contribution < 1.29 is 13.2 Å². The lowest BCUT2D eigenvalue weighted by atomic mass is 9.76. The van der Waals surface area contributed by atoms with Gasteiger partial charge < -0.3 is 0 Å². The summed E-state index contributed by atoms with van der Waals surface area (Å²) in [5.74, 6) is -0.472. The van der Waals surface area contributed by atoms with Crippen molar-refractivity contribution in [2.45, 2.75) is 25.7 Å². The highest BCUT2D eigenvalue weighted by atomic mass is 32.2. The van der Waals surface area contributed by atoms with E-state index < -0.39 is 15.3 Å². The van der Waals surface area contributed by atoms with Gasteiger partial charge in [-0.1, -0.05) is 37.3 Å². The molecule has 1 aromatic rings. The molecule has 0 aliphatic heterocycles. The fourth-order valence-corrected chi connectivity index (χ4v) is 2.80. The lowest BCUT2D eigenvalue weighted by Gasteiger charge is -2.24. The summed E-state index contributed by atoms with van der Waals surface area (Å²) in [7, 11) is -3.21. The molecule has 1 aromatic carbocycles. The van der Waals surface area contributed by atoms with Crippen molar-refractivity contribution in [3.8, 4) is 6.07 Å². The smallest absolute Gasteiger partial charge is 0.154 e. The number of nitriles is 1. The summed E-state index contributed by atoms with van der Waals surface area (Å²) in [6.07, 6.45) is -0.000972. The highest BCUT2D eigenvalue weighted by molar-refractivity contribution is 7.91. The minimum absolute atomic E-state index is 0.000972. The third-order valence-electron chi connectivity index (χ3n) is 3.29. The average molecular weight is 279 g/mol. The van der Waals surface area contributed by atoms with Crippen LogP contribution < -0.4 is 0 Å². The first-order valence-corrected chi connectivity index (χ1v) is 7.88. The summed E-state index contributed by atoms with van der Waals surface area (Å²) in [4.78, 5) is 11.9. The maximum absolute atomic E-state index is 11.9. The monoisotopic (exact) mass is 279 g/mol. The van der Waals surface area contributed by atoms with E-state index in [2.05, 4.69) is 0 Å². The van der Waals surface area contributed by atoms with Crippen LogP contribution in [-0.4, -0.2) is 25.7 Å². The Hall–Kier alpha value is -1.67. The second-order valence-electron chi connectivity index (χ2n) is 4.43. The zero-order chi connectivity index (χ0) is 14.5. The van der Waals surface area contributed by atoms with Crippen LogP contribution >= 0.6 is 0 Å². The molecule has 5 heteroatoms. The summed E-state index contributed by atoms with van der Waals surface area (Å²) >= 11 is 0. The fourth-order valence-electron chi connectivity index (χ4n) is 1.90. The molecule has 0 N–H and O–H groups in total. The van der Waals surface area contributed by atoms with Crippen LogP contribution in [0.1, 0.15) is 25.8 Å². The Labute approximate surface area is 114 Å². The quantitative estimate of drug-likeness (QED) is 0.796. The molecule has 0 fully saturated rings. The number of carbonyl (C=O) groups excluding carboxylic acids is 1. The van der Waals surface area contributed by atoms with Gasteiger partial charge in [-0.15, -0.1) is 0 Å². The summed E-state index contributed by atoms with van der Waals surface area (Å²) in [6, 6.07) is 10.6. The summed E-state index contributed by atoms with van der Waals surface area (Å²) in [5, 5.41) is 9.40. The Bertz CT molecular complexity index is 587. The molecular weight excluding hydrogens is 262 g/mol. The molecule has 0 aromatic heterocycles. The average Bonchev–Trinajstić information content (AvgIpc) is 2.41. The van der Waals surface area contributed by atoms with Gasteiger partial charge in [0.15, 0.2) is 5.78 Å². The third-order valence-corrected chi connectivity index (χ3v) is 4.99. The summed E-state index contributed by atoms with van der Waals surface area (Å²) in [6.45, 7) is 2.88. The minimum atomic E-state index is -3.21. The molecule has 0 saturated carbocycles. The van der Waals surface area contributed by atoms with Gasteiger partial charge in [0.2, 0.25) is 0 Å². The Balaban J connectivity index is 3.17. The van der Waals surface area contributed by atoms with Crippen LogP contribution in [0.25, 0.3) is 0 Å². The van der Waals surface area contributed by atoms with Gasteiger partial charge in [0.25, 0.3) is 0 Å². The topological polar surface area (TPSA) is 75.0 Å². The number of sulfone groups is 1. The van der Waals surface area contributed by atoms with E-state index in [1.165, 1.54) is 6.92 Å². The Kier molecular flexibility index (Phi) is 4.84. The number of rotatable bonds is 6. The molecule has 1 rings (SSSR count). The lowest BCUT2D eigenvalue weighted by Crippen LogP contribution is -2.35. The normalized spacial score (nSPS) is 14.4. The van der Waals surface area contributed by atoms with Crippen molar-refractivity contribution in [1.29, 1.82) is 5.26 Å². The predicted molar refractivity (Wildman–Crippen MR) is 73.4 cm³/mol. The van der Waals surface area contributed by atoms with Crippen LogP contribution in [0, 0.1) is 11.3 Å². The van der Waals surface area contributed by atoms with E-state index in [9.17, 15) is 18.5 Å². The fraction of sp³-hybridized carbons (Fsp3) is 0.429. The molecule has 0 spiro atoms. The first-order valence-electron chi connectivity index (χ1n) is 6.06. The number of ketones is 1. The van der Waals surface area contributed by atoms with Crippen LogP contribution in [0.4, 0.5) is 0 Å². The van der Waals surface area contributed by atoms with Gasteiger partial charge in [-0.3, -0.25) is 4.79 Å². The molecule has 19 heavy (non-hydrogen) atoms. The van der Waals surface area contributed by atoms with Crippen LogP contribution in [0.2, 0.25) is 0 Å². The standard InChI is InChI=1S/C14H17NO3S/c1-3-19(17,18)10-9-14(11-15,12(2)16)13-7-5-4-6-8-13/h4-8H,3,9-10H2,1-2H3. The van der Waals surface area contributed by atoms with E-state index in [-0.39, 0.29) is 23.7 Å². The zero-order valence-electron chi connectivity index (χ0n) is 11.1.